The fourth-order valence-electron chi connectivity index (χ4n) is 2.94. The zero-order valence-corrected chi connectivity index (χ0v) is 15.2. The average Bonchev–Trinajstić information content (AvgIpc) is 2.68. The molecule has 136 valence electrons. The molecule has 0 saturated carbocycles. The number of hydrogen-bond donors (Lipinski definition) is 1. The Hall–Kier alpha value is -2.89. The summed E-state index contributed by atoms with van der Waals surface area (Å²) in [5.41, 5.74) is 2.58. The van der Waals surface area contributed by atoms with Crippen LogP contribution in [0.25, 0.3) is 0 Å². The van der Waals surface area contributed by atoms with Gasteiger partial charge in [0.15, 0.2) is 0 Å². The van der Waals surface area contributed by atoms with Crippen LogP contribution >= 0.6 is 0 Å². The van der Waals surface area contributed by atoms with Gasteiger partial charge in [0.05, 0.1) is 0 Å². The van der Waals surface area contributed by atoms with Crippen molar-refractivity contribution in [1.82, 2.24) is 9.88 Å². The van der Waals surface area contributed by atoms with Gasteiger partial charge in [-0.25, -0.2) is 4.98 Å². The van der Waals surface area contributed by atoms with E-state index in [4.69, 9.17) is 0 Å². The van der Waals surface area contributed by atoms with E-state index in [1.165, 1.54) is 5.56 Å². The molecule has 1 aliphatic heterocycles. The monoisotopic (exact) mass is 352 g/mol. The lowest BCUT2D eigenvalue weighted by Crippen LogP contribution is -2.46. The minimum atomic E-state index is -0.155. The third kappa shape index (κ3) is 4.20. The third-order valence-electron chi connectivity index (χ3n) is 4.63. The quantitative estimate of drug-likeness (QED) is 0.841. The number of pyridine rings is 1. The van der Waals surface area contributed by atoms with Crippen LogP contribution in [0.1, 0.15) is 35.7 Å². The molecular weight excluding hydrogens is 328 g/mol. The van der Waals surface area contributed by atoms with Crippen LogP contribution in [0.15, 0.2) is 42.6 Å². The molecule has 0 bridgehead atoms. The smallest absolute Gasteiger partial charge is 0.255 e. The predicted octanol–water partition coefficient (Wildman–Crippen LogP) is 2.74. The van der Waals surface area contributed by atoms with E-state index in [-0.39, 0.29) is 5.91 Å². The summed E-state index contributed by atoms with van der Waals surface area (Å²) in [5.74, 6) is 1.07. The lowest BCUT2D eigenvalue weighted by molar-refractivity contribution is -0.118. The maximum absolute atomic E-state index is 12.6. The molecule has 1 aromatic heterocycles. The maximum Gasteiger partial charge on any atom is 0.255 e. The third-order valence-corrected chi connectivity index (χ3v) is 4.63. The Balaban J connectivity index is 1.67. The van der Waals surface area contributed by atoms with E-state index in [1.807, 2.05) is 24.3 Å². The van der Waals surface area contributed by atoms with Crippen LogP contribution in [-0.4, -0.2) is 48.4 Å². The summed E-state index contributed by atoms with van der Waals surface area (Å²) in [6.45, 7) is 7.05. The summed E-state index contributed by atoms with van der Waals surface area (Å²) in [6, 6.07) is 11.4. The van der Waals surface area contributed by atoms with Crippen LogP contribution in [0.4, 0.5) is 11.5 Å². The van der Waals surface area contributed by atoms with Crippen LogP contribution in [0, 0.1) is 0 Å². The van der Waals surface area contributed by atoms with Gasteiger partial charge in [-0.3, -0.25) is 9.59 Å². The van der Waals surface area contributed by atoms with Gasteiger partial charge < -0.3 is 15.1 Å². The van der Waals surface area contributed by atoms with Crippen LogP contribution in [-0.2, 0) is 4.79 Å². The number of anilines is 2. The fourth-order valence-corrected chi connectivity index (χ4v) is 2.94. The highest BCUT2D eigenvalue weighted by Gasteiger charge is 2.18. The van der Waals surface area contributed by atoms with Crippen LogP contribution < -0.4 is 10.2 Å². The van der Waals surface area contributed by atoms with Gasteiger partial charge in [-0.2, -0.15) is 0 Å². The summed E-state index contributed by atoms with van der Waals surface area (Å²) in [4.78, 5) is 31.6. The molecule has 1 aromatic carbocycles. The first-order chi connectivity index (χ1) is 12.6. The molecule has 2 heterocycles. The topological polar surface area (TPSA) is 65.5 Å². The number of benzene rings is 1. The van der Waals surface area contributed by atoms with E-state index in [0.717, 1.165) is 17.9 Å². The molecule has 1 fully saturated rings. The highest BCUT2D eigenvalue weighted by molar-refractivity contribution is 6.04. The molecule has 1 N–H and O–H groups in total. The molecule has 0 radical (unpaired) electrons. The summed E-state index contributed by atoms with van der Waals surface area (Å²) >= 11 is 0. The molecule has 2 amide bonds. The Bertz CT molecular complexity index is 766. The maximum atomic E-state index is 12.6. The Morgan fingerprint density at radius 2 is 1.81 bits per heavy atom. The summed E-state index contributed by atoms with van der Waals surface area (Å²) < 4.78 is 0. The fraction of sp³-hybridized carbons (Fsp3) is 0.350. The van der Waals surface area contributed by atoms with Crippen molar-refractivity contribution in [2.45, 2.75) is 19.8 Å². The van der Waals surface area contributed by atoms with Gasteiger partial charge in [-0.15, -0.1) is 0 Å². The molecule has 6 nitrogen and oxygen atoms in total. The second-order valence-corrected chi connectivity index (χ2v) is 6.76. The van der Waals surface area contributed by atoms with E-state index in [1.54, 1.807) is 23.2 Å². The number of aromatic nitrogens is 1. The standard InChI is InChI=1S/C20H24N4O2/c1-15(2)16-3-5-18(6-4-16)22-20(26)17-7-8-21-19(13-17)24-11-9-23(14-25)10-12-24/h3-8,13-15H,9-12H2,1-2H3,(H,22,26). The molecular formula is C20H24N4O2. The van der Waals surface area contributed by atoms with Gasteiger partial charge in [0.1, 0.15) is 5.82 Å². The predicted molar refractivity (Wildman–Crippen MR) is 103 cm³/mol. The Morgan fingerprint density at radius 3 is 2.42 bits per heavy atom. The Morgan fingerprint density at radius 1 is 1.12 bits per heavy atom. The van der Waals surface area contributed by atoms with Gasteiger partial charge in [0, 0.05) is 43.6 Å². The van der Waals surface area contributed by atoms with Crippen molar-refractivity contribution < 1.29 is 9.59 Å². The SMILES string of the molecule is CC(C)c1ccc(NC(=O)c2ccnc(N3CCN(C=O)CC3)c2)cc1. The van der Waals surface area contributed by atoms with Crippen molar-refractivity contribution in [2.24, 2.45) is 0 Å². The minimum Gasteiger partial charge on any atom is -0.353 e. The van der Waals surface area contributed by atoms with Crippen molar-refractivity contribution in [2.75, 3.05) is 36.4 Å². The molecule has 1 saturated heterocycles. The molecule has 0 atom stereocenters. The zero-order valence-electron chi connectivity index (χ0n) is 15.2. The highest BCUT2D eigenvalue weighted by Crippen LogP contribution is 2.19. The molecule has 3 rings (SSSR count). The van der Waals surface area contributed by atoms with E-state index in [0.29, 0.717) is 37.7 Å². The highest BCUT2D eigenvalue weighted by atomic mass is 16.1. The second kappa shape index (κ2) is 7.99. The van der Waals surface area contributed by atoms with E-state index in [2.05, 4.69) is 29.0 Å². The normalized spacial score (nSPS) is 14.4. The van der Waals surface area contributed by atoms with Crippen molar-refractivity contribution in [3.05, 3.63) is 53.7 Å². The van der Waals surface area contributed by atoms with Crippen molar-refractivity contribution in [1.29, 1.82) is 0 Å². The Labute approximate surface area is 153 Å². The largest absolute Gasteiger partial charge is 0.353 e. The molecule has 2 aromatic rings. The first kappa shape index (κ1) is 17.9. The van der Waals surface area contributed by atoms with Gasteiger partial charge in [-0.05, 0) is 35.7 Å². The lowest BCUT2D eigenvalue weighted by Gasteiger charge is -2.33. The van der Waals surface area contributed by atoms with E-state index in [9.17, 15) is 9.59 Å². The van der Waals surface area contributed by atoms with Crippen molar-refractivity contribution in [3.63, 3.8) is 0 Å². The van der Waals surface area contributed by atoms with Gasteiger partial charge >= 0.3 is 0 Å². The second-order valence-electron chi connectivity index (χ2n) is 6.76. The Kier molecular flexibility index (Phi) is 5.51. The summed E-state index contributed by atoms with van der Waals surface area (Å²) in [7, 11) is 0. The minimum absolute atomic E-state index is 0.155. The van der Waals surface area contributed by atoms with Crippen LogP contribution in [0.2, 0.25) is 0 Å². The number of carbonyl (C=O) groups excluding carboxylic acids is 2. The first-order valence-corrected chi connectivity index (χ1v) is 8.88. The number of carbonyl (C=O) groups is 2. The zero-order chi connectivity index (χ0) is 18.5. The number of hydrogen-bond acceptors (Lipinski definition) is 4. The molecule has 6 heteroatoms. The average molecular weight is 352 g/mol. The van der Waals surface area contributed by atoms with Crippen LogP contribution in [0.5, 0.6) is 0 Å². The molecule has 0 spiro atoms. The van der Waals surface area contributed by atoms with Crippen molar-refractivity contribution in [3.8, 4) is 0 Å². The molecule has 1 aliphatic rings. The van der Waals surface area contributed by atoms with E-state index >= 15 is 0 Å². The van der Waals surface area contributed by atoms with Gasteiger partial charge in [0.2, 0.25) is 6.41 Å². The number of nitrogens with one attached hydrogen (secondary N) is 1. The number of rotatable bonds is 5. The number of amides is 2. The summed E-state index contributed by atoms with van der Waals surface area (Å²) in [6.07, 6.45) is 2.53. The van der Waals surface area contributed by atoms with Crippen molar-refractivity contribution >= 4 is 23.8 Å². The van der Waals surface area contributed by atoms with Gasteiger partial charge in [0.25, 0.3) is 5.91 Å². The molecule has 26 heavy (non-hydrogen) atoms. The number of piperazine rings is 1. The lowest BCUT2D eigenvalue weighted by atomic mass is 10.0. The molecule has 0 aliphatic carbocycles. The van der Waals surface area contributed by atoms with E-state index < -0.39 is 0 Å². The first-order valence-electron chi connectivity index (χ1n) is 8.88. The summed E-state index contributed by atoms with van der Waals surface area (Å²) in [5, 5.41) is 2.93. The van der Waals surface area contributed by atoms with Gasteiger partial charge in [-0.1, -0.05) is 26.0 Å². The van der Waals surface area contributed by atoms with Crippen LogP contribution in [0.3, 0.4) is 0 Å². The molecule has 0 unspecified atom stereocenters. The number of nitrogens with zero attached hydrogens (tertiary/aromatic N) is 3.